The SMILES string of the molecule is CCOc1ccccc1NC(=O)c1cncc(Nc2ccccc2C#N)c1. The van der Waals surface area contributed by atoms with Gasteiger partial charge in [-0.2, -0.15) is 5.26 Å². The van der Waals surface area contributed by atoms with E-state index < -0.39 is 0 Å². The first-order chi connectivity index (χ1) is 13.2. The van der Waals surface area contributed by atoms with Crippen molar-refractivity contribution >= 4 is 23.0 Å². The molecule has 6 heteroatoms. The molecule has 0 unspecified atom stereocenters. The Morgan fingerprint density at radius 3 is 2.63 bits per heavy atom. The first kappa shape index (κ1) is 18.0. The van der Waals surface area contributed by atoms with Gasteiger partial charge in [0.15, 0.2) is 0 Å². The van der Waals surface area contributed by atoms with Crippen molar-refractivity contribution in [3.63, 3.8) is 0 Å². The lowest BCUT2D eigenvalue weighted by Gasteiger charge is -2.12. The zero-order valence-electron chi connectivity index (χ0n) is 14.8. The number of nitriles is 1. The maximum Gasteiger partial charge on any atom is 0.257 e. The van der Waals surface area contributed by atoms with Gasteiger partial charge in [-0.05, 0) is 37.3 Å². The van der Waals surface area contributed by atoms with E-state index in [-0.39, 0.29) is 5.91 Å². The van der Waals surface area contributed by atoms with E-state index >= 15 is 0 Å². The lowest BCUT2D eigenvalue weighted by molar-refractivity contribution is 0.102. The van der Waals surface area contributed by atoms with E-state index in [0.29, 0.717) is 40.5 Å². The second kappa shape index (κ2) is 8.50. The highest BCUT2D eigenvalue weighted by Crippen LogP contribution is 2.25. The standard InChI is InChI=1S/C21H18N4O2/c1-2-27-20-10-6-5-9-19(20)25-21(26)16-11-17(14-23-13-16)24-18-8-4-3-7-15(18)12-22/h3-11,13-14,24H,2H2,1H3,(H,25,26). The molecule has 0 spiro atoms. The maximum absolute atomic E-state index is 12.6. The molecule has 1 amide bonds. The van der Waals surface area contributed by atoms with Crippen LogP contribution in [0.3, 0.4) is 0 Å². The number of benzene rings is 2. The molecular formula is C21H18N4O2. The summed E-state index contributed by atoms with van der Waals surface area (Å²) < 4.78 is 5.53. The number of amides is 1. The number of ether oxygens (including phenoxy) is 1. The Morgan fingerprint density at radius 1 is 1.11 bits per heavy atom. The largest absolute Gasteiger partial charge is 0.492 e. The van der Waals surface area contributed by atoms with Crippen molar-refractivity contribution in [3.8, 4) is 11.8 Å². The summed E-state index contributed by atoms with van der Waals surface area (Å²) in [5.74, 6) is 0.311. The molecule has 0 fully saturated rings. The molecule has 0 saturated heterocycles. The first-order valence-corrected chi connectivity index (χ1v) is 8.45. The number of carbonyl (C=O) groups is 1. The van der Waals surface area contributed by atoms with Crippen LogP contribution in [0, 0.1) is 11.3 Å². The summed E-state index contributed by atoms with van der Waals surface area (Å²) in [6, 6.07) is 18.2. The van der Waals surface area contributed by atoms with Gasteiger partial charge < -0.3 is 15.4 Å². The van der Waals surface area contributed by atoms with Crippen molar-refractivity contribution < 1.29 is 9.53 Å². The lowest BCUT2D eigenvalue weighted by atomic mass is 10.2. The minimum Gasteiger partial charge on any atom is -0.492 e. The Kier molecular flexibility index (Phi) is 5.65. The molecule has 0 radical (unpaired) electrons. The van der Waals surface area contributed by atoms with Crippen LogP contribution in [0.1, 0.15) is 22.8 Å². The number of para-hydroxylation sites is 3. The fraction of sp³-hybridized carbons (Fsp3) is 0.0952. The minimum atomic E-state index is -0.299. The fourth-order valence-corrected chi connectivity index (χ4v) is 2.52. The van der Waals surface area contributed by atoms with Gasteiger partial charge in [-0.1, -0.05) is 24.3 Å². The van der Waals surface area contributed by atoms with E-state index in [1.165, 1.54) is 6.20 Å². The molecule has 6 nitrogen and oxygen atoms in total. The fourth-order valence-electron chi connectivity index (χ4n) is 2.52. The van der Waals surface area contributed by atoms with Crippen molar-refractivity contribution in [3.05, 3.63) is 78.1 Å². The summed E-state index contributed by atoms with van der Waals surface area (Å²) in [4.78, 5) is 16.7. The van der Waals surface area contributed by atoms with Gasteiger partial charge in [0.1, 0.15) is 11.8 Å². The quantitative estimate of drug-likeness (QED) is 0.684. The molecule has 0 aliphatic heterocycles. The topological polar surface area (TPSA) is 87.0 Å². The van der Waals surface area contributed by atoms with E-state index in [2.05, 4.69) is 21.7 Å². The molecule has 0 aliphatic rings. The Labute approximate surface area is 157 Å². The van der Waals surface area contributed by atoms with Crippen LogP contribution in [-0.2, 0) is 0 Å². The van der Waals surface area contributed by atoms with Gasteiger partial charge in [0.25, 0.3) is 5.91 Å². The highest BCUT2D eigenvalue weighted by Gasteiger charge is 2.11. The highest BCUT2D eigenvalue weighted by atomic mass is 16.5. The van der Waals surface area contributed by atoms with Crippen LogP contribution < -0.4 is 15.4 Å². The third-order valence-electron chi connectivity index (χ3n) is 3.76. The van der Waals surface area contributed by atoms with Gasteiger partial charge in [0.2, 0.25) is 0 Å². The van der Waals surface area contributed by atoms with Crippen molar-refractivity contribution in [2.45, 2.75) is 6.92 Å². The normalized spacial score (nSPS) is 9.93. The van der Waals surface area contributed by atoms with Crippen molar-refractivity contribution in [2.75, 3.05) is 17.2 Å². The van der Waals surface area contributed by atoms with Crippen LogP contribution >= 0.6 is 0 Å². The van der Waals surface area contributed by atoms with Gasteiger partial charge in [-0.25, -0.2) is 0 Å². The summed E-state index contributed by atoms with van der Waals surface area (Å²) in [5.41, 5.74) is 2.76. The number of rotatable bonds is 6. The number of anilines is 3. The summed E-state index contributed by atoms with van der Waals surface area (Å²) in [5, 5.41) is 15.2. The van der Waals surface area contributed by atoms with Gasteiger partial charge >= 0.3 is 0 Å². The molecule has 0 atom stereocenters. The van der Waals surface area contributed by atoms with E-state index in [1.54, 1.807) is 42.6 Å². The number of carbonyl (C=O) groups excluding carboxylic acids is 1. The second-order valence-corrected chi connectivity index (χ2v) is 5.63. The Hall–Kier alpha value is -3.85. The maximum atomic E-state index is 12.6. The number of hydrogen-bond acceptors (Lipinski definition) is 5. The Morgan fingerprint density at radius 2 is 1.85 bits per heavy atom. The summed E-state index contributed by atoms with van der Waals surface area (Å²) in [7, 11) is 0. The Balaban J connectivity index is 1.79. The van der Waals surface area contributed by atoms with Crippen molar-refractivity contribution in [2.24, 2.45) is 0 Å². The van der Waals surface area contributed by atoms with Crippen LogP contribution in [0.2, 0.25) is 0 Å². The molecule has 0 aliphatic carbocycles. The number of nitrogens with one attached hydrogen (secondary N) is 2. The smallest absolute Gasteiger partial charge is 0.257 e. The van der Waals surface area contributed by atoms with E-state index in [4.69, 9.17) is 4.74 Å². The predicted molar refractivity (Wildman–Crippen MR) is 104 cm³/mol. The molecule has 1 aromatic heterocycles. The van der Waals surface area contributed by atoms with Crippen LogP contribution in [0.5, 0.6) is 5.75 Å². The molecule has 3 rings (SSSR count). The van der Waals surface area contributed by atoms with Gasteiger partial charge in [0, 0.05) is 6.20 Å². The van der Waals surface area contributed by atoms with Crippen molar-refractivity contribution in [1.82, 2.24) is 4.98 Å². The van der Waals surface area contributed by atoms with E-state index in [9.17, 15) is 10.1 Å². The summed E-state index contributed by atoms with van der Waals surface area (Å²) in [6.07, 6.45) is 3.08. The van der Waals surface area contributed by atoms with Gasteiger partial charge in [-0.15, -0.1) is 0 Å². The van der Waals surface area contributed by atoms with E-state index in [0.717, 1.165) is 0 Å². The van der Waals surface area contributed by atoms with E-state index in [1.807, 2.05) is 25.1 Å². The zero-order chi connectivity index (χ0) is 19.1. The molecule has 27 heavy (non-hydrogen) atoms. The monoisotopic (exact) mass is 358 g/mol. The Bertz CT molecular complexity index is 995. The third kappa shape index (κ3) is 4.41. The van der Waals surface area contributed by atoms with Crippen LogP contribution in [0.25, 0.3) is 0 Å². The minimum absolute atomic E-state index is 0.299. The molecule has 3 aromatic rings. The molecular weight excluding hydrogens is 340 g/mol. The predicted octanol–water partition coefficient (Wildman–Crippen LogP) is 4.35. The molecule has 2 aromatic carbocycles. The number of pyridine rings is 1. The van der Waals surface area contributed by atoms with Gasteiger partial charge in [-0.3, -0.25) is 9.78 Å². The molecule has 134 valence electrons. The van der Waals surface area contributed by atoms with Crippen LogP contribution in [0.4, 0.5) is 17.1 Å². The number of hydrogen-bond donors (Lipinski definition) is 2. The average molecular weight is 358 g/mol. The molecule has 0 bridgehead atoms. The average Bonchev–Trinajstić information content (AvgIpc) is 2.70. The highest BCUT2D eigenvalue weighted by molar-refractivity contribution is 6.05. The summed E-state index contributed by atoms with van der Waals surface area (Å²) in [6.45, 7) is 2.39. The van der Waals surface area contributed by atoms with Gasteiger partial charge in [0.05, 0.1) is 41.0 Å². The number of aromatic nitrogens is 1. The zero-order valence-corrected chi connectivity index (χ0v) is 14.8. The van der Waals surface area contributed by atoms with Crippen LogP contribution in [0.15, 0.2) is 67.0 Å². The second-order valence-electron chi connectivity index (χ2n) is 5.63. The molecule has 2 N–H and O–H groups in total. The van der Waals surface area contributed by atoms with Crippen LogP contribution in [-0.4, -0.2) is 17.5 Å². The molecule has 1 heterocycles. The number of nitrogens with zero attached hydrogens (tertiary/aromatic N) is 2. The molecule has 0 saturated carbocycles. The van der Waals surface area contributed by atoms with Crippen molar-refractivity contribution in [1.29, 1.82) is 5.26 Å². The first-order valence-electron chi connectivity index (χ1n) is 8.45. The summed E-state index contributed by atoms with van der Waals surface area (Å²) >= 11 is 0. The lowest BCUT2D eigenvalue weighted by Crippen LogP contribution is -2.13. The third-order valence-corrected chi connectivity index (χ3v) is 3.76.